The number of hydrogen-bond donors (Lipinski definition) is 1. The molecule has 12 heavy (non-hydrogen) atoms. The molecule has 2 nitrogen and oxygen atoms in total. The Bertz CT molecular complexity index is 154. The third-order valence-electron chi connectivity index (χ3n) is 3.87. The van der Waals surface area contributed by atoms with Crippen LogP contribution in [0.4, 0.5) is 0 Å². The van der Waals surface area contributed by atoms with E-state index in [-0.39, 0.29) is 0 Å². The maximum absolute atomic E-state index is 5.79. The lowest BCUT2D eigenvalue weighted by molar-refractivity contribution is 0.160. The summed E-state index contributed by atoms with van der Waals surface area (Å²) >= 11 is 0. The Kier molecular flexibility index (Phi) is 2.37. The van der Waals surface area contributed by atoms with Gasteiger partial charge in [0.1, 0.15) is 0 Å². The lowest BCUT2D eigenvalue weighted by Gasteiger charge is -2.35. The topological polar surface area (TPSA) is 29.3 Å². The molecular formula is C10H20N2. The minimum atomic E-state index is 0.690. The highest BCUT2D eigenvalue weighted by Gasteiger charge is 2.38. The van der Waals surface area contributed by atoms with Gasteiger partial charge in [-0.2, -0.15) is 0 Å². The largest absolute Gasteiger partial charge is 0.329 e. The molecule has 1 saturated carbocycles. The van der Waals surface area contributed by atoms with Crippen LogP contribution in [-0.2, 0) is 0 Å². The molecule has 2 heteroatoms. The second-order valence-electron chi connectivity index (χ2n) is 4.43. The van der Waals surface area contributed by atoms with Gasteiger partial charge in [-0.3, -0.25) is 0 Å². The number of hydrogen-bond acceptors (Lipinski definition) is 2. The molecule has 1 heterocycles. The molecule has 1 aliphatic heterocycles. The van der Waals surface area contributed by atoms with E-state index in [1.165, 1.54) is 32.2 Å². The molecule has 2 atom stereocenters. The highest BCUT2D eigenvalue weighted by Crippen LogP contribution is 2.40. The first-order valence-corrected chi connectivity index (χ1v) is 5.23. The highest BCUT2D eigenvalue weighted by atomic mass is 15.2. The Balaban J connectivity index is 1.95. The van der Waals surface area contributed by atoms with Crippen molar-refractivity contribution in [2.24, 2.45) is 17.6 Å². The number of nitrogens with two attached hydrogens (primary N) is 1. The fourth-order valence-corrected chi connectivity index (χ4v) is 2.81. The van der Waals surface area contributed by atoms with Crippen LogP contribution in [0.5, 0.6) is 0 Å². The summed E-state index contributed by atoms with van der Waals surface area (Å²) in [6.45, 7) is 2.13. The number of rotatable bonds is 2. The van der Waals surface area contributed by atoms with Crippen LogP contribution >= 0.6 is 0 Å². The molecule has 2 N–H and O–H groups in total. The first-order valence-electron chi connectivity index (χ1n) is 5.23. The molecule has 0 aromatic heterocycles. The summed E-state index contributed by atoms with van der Waals surface area (Å²) < 4.78 is 0. The molecule has 2 aliphatic rings. The van der Waals surface area contributed by atoms with E-state index in [1.807, 2.05) is 0 Å². The zero-order chi connectivity index (χ0) is 8.55. The second-order valence-corrected chi connectivity index (χ2v) is 4.43. The molecule has 0 bridgehead atoms. The van der Waals surface area contributed by atoms with Crippen molar-refractivity contribution in [3.8, 4) is 0 Å². The van der Waals surface area contributed by atoms with Gasteiger partial charge in [0.15, 0.2) is 0 Å². The van der Waals surface area contributed by atoms with Gasteiger partial charge in [0.2, 0.25) is 0 Å². The highest BCUT2D eigenvalue weighted by molar-refractivity contribution is 4.92. The molecule has 1 saturated heterocycles. The van der Waals surface area contributed by atoms with Gasteiger partial charge < -0.3 is 10.6 Å². The molecule has 0 radical (unpaired) electrons. The quantitative estimate of drug-likeness (QED) is 0.668. The van der Waals surface area contributed by atoms with E-state index in [2.05, 4.69) is 11.9 Å². The first-order chi connectivity index (χ1) is 5.83. The van der Waals surface area contributed by atoms with Crippen molar-refractivity contribution in [3.63, 3.8) is 0 Å². The third kappa shape index (κ3) is 1.27. The summed E-state index contributed by atoms with van der Waals surface area (Å²) in [7, 11) is 2.22. The Morgan fingerprint density at radius 3 is 2.58 bits per heavy atom. The van der Waals surface area contributed by atoms with E-state index in [4.69, 9.17) is 5.73 Å². The summed E-state index contributed by atoms with van der Waals surface area (Å²) in [6, 6.07) is 0.690. The lowest BCUT2D eigenvalue weighted by Crippen LogP contribution is -2.40. The van der Waals surface area contributed by atoms with E-state index >= 15 is 0 Å². The summed E-state index contributed by atoms with van der Waals surface area (Å²) in [5.74, 6) is 1.94. The Morgan fingerprint density at radius 2 is 2.08 bits per heavy atom. The molecule has 2 rings (SSSR count). The fourth-order valence-electron chi connectivity index (χ4n) is 2.81. The smallest absolute Gasteiger partial charge is 0.0246 e. The maximum atomic E-state index is 5.79. The van der Waals surface area contributed by atoms with Crippen molar-refractivity contribution < 1.29 is 0 Å². The molecule has 0 spiro atoms. The third-order valence-corrected chi connectivity index (χ3v) is 3.87. The van der Waals surface area contributed by atoms with Gasteiger partial charge in [-0.25, -0.2) is 0 Å². The van der Waals surface area contributed by atoms with E-state index in [1.54, 1.807) is 0 Å². The standard InChI is InChI=1S/C10H20N2/c1-12-6-5-9(10(12)7-11)8-3-2-4-8/h8-10H,2-7,11H2,1H3. The van der Waals surface area contributed by atoms with Crippen molar-refractivity contribution in [2.75, 3.05) is 20.1 Å². The molecular weight excluding hydrogens is 148 g/mol. The Morgan fingerprint density at radius 1 is 1.33 bits per heavy atom. The van der Waals surface area contributed by atoms with E-state index < -0.39 is 0 Å². The molecule has 0 aromatic carbocycles. The minimum Gasteiger partial charge on any atom is -0.329 e. The van der Waals surface area contributed by atoms with Crippen LogP contribution in [0.15, 0.2) is 0 Å². The predicted molar refractivity (Wildman–Crippen MR) is 50.9 cm³/mol. The van der Waals surface area contributed by atoms with Gasteiger partial charge >= 0.3 is 0 Å². The van der Waals surface area contributed by atoms with Crippen molar-refractivity contribution >= 4 is 0 Å². The van der Waals surface area contributed by atoms with Crippen LogP contribution in [0.3, 0.4) is 0 Å². The van der Waals surface area contributed by atoms with Crippen LogP contribution in [0.1, 0.15) is 25.7 Å². The number of nitrogens with zero attached hydrogens (tertiary/aromatic N) is 1. The van der Waals surface area contributed by atoms with Crippen LogP contribution in [-0.4, -0.2) is 31.1 Å². The summed E-state index contributed by atoms with van der Waals surface area (Å²) in [5.41, 5.74) is 5.79. The molecule has 0 amide bonds. The summed E-state index contributed by atoms with van der Waals surface area (Å²) in [6.07, 6.45) is 5.79. The molecule has 2 unspecified atom stereocenters. The van der Waals surface area contributed by atoms with Gasteiger partial charge in [-0.15, -0.1) is 0 Å². The molecule has 0 aromatic rings. The fraction of sp³-hybridized carbons (Fsp3) is 1.00. The van der Waals surface area contributed by atoms with Crippen molar-refractivity contribution in [1.29, 1.82) is 0 Å². The van der Waals surface area contributed by atoms with Gasteiger partial charge in [0.05, 0.1) is 0 Å². The monoisotopic (exact) mass is 168 g/mol. The number of likely N-dealkylation sites (N-methyl/N-ethyl adjacent to an activating group) is 1. The minimum absolute atomic E-state index is 0.690. The first kappa shape index (κ1) is 8.52. The maximum Gasteiger partial charge on any atom is 0.0246 e. The van der Waals surface area contributed by atoms with Crippen LogP contribution in [0.2, 0.25) is 0 Å². The van der Waals surface area contributed by atoms with Crippen molar-refractivity contribution in [3.05, 3.63) is 0 Å². The molecule has 1 aliphatic carbocycles. The average molecular weight is 168 g/mol. The van der Waals surface area contributed by atoms with Crippen molar-refractivity contribution in [1.82, 2.24) is 4.90 Å². The molecule has 2 fully saturated rings. The van der Waals surface area contributed by atoms with E-state index in [0.29, 0.717) is 6.04 Å². The zero-order valence-corrected chi connectivity index (χ0v) is 8.00. The lowest BCUT2D eigenvalue weighted by atomic mass is 9.73. The van der Waals surface area contributed by atoms with Crippen LogP contribution < -0.4 is 5.73 Å². The van der Waals surface area contributed by atoms with Gasteiger partial charge in [0, 0.05) is 12.6 Å². The summed E-state index contributed by atoms with van der Waals surface area (Å²) in [5, 5.41) is 0. The normalized spacial score (nSPS) is 38.5. The van der Waals surface area contributed by atoms with Crippen molar-refractivity contribution in [2.45, 2.75) is 31.7 Å². The average Bonchev–Trinajstić information content (AvgIpc) is 2.29. The van der Waals surface area contributed by atoms with Gasteiger partial charge in [-0.05, 0) is 31.8 Å². The summed E-state index contributed by atoms with van der Waals surface area (Å²) in [4.78, 5) is 2.45. The van der Waals surface area contributed by atoms with Gasteiger partial charge in [-0.1, -0.05) is 19.3 Å². The van der Waals surface area contributed by atoms with E-state index in [9.17, 15) is 0 Å². The van der Waals surface area contributed by atoms with Crippen LogP contribution in [0, 0.1) is 11.8 Å². The SMILES string of the molecule is CN1CCC(C2CCC2)C1CN. The zero-order valence-electron chi connectivity index (χ0n) is 8.00. The van der Waals surface area contributed by atoms with Gasteiger partial charge in [0.25, 0.3) is 0 Å². The Labute approximate surface area is 75.1 Å². The Hall–Kier alpha value is -0.0800. The molecule has 70 valence electrons. The number of likely N-dealkylation sites (tertiary alicyclic amines) is 1. The van der Waals surface area contributed by atoms with Crippen LogP contribution in [0.25, 0.3) is 0 Å². The van der Waals surface area contributed by atoms with E-state index in [0.717, 1.165) is 18.4 Å². The predicted octanol–water partition coefficient (Wildman–Crippen LogP) is 1.07. The second kappa shape index (κ2) is 3.35.